The third-order valence-corrected chi connectivity index (χ3v) is 6.95. The van der Waals surface area contributed by atoms with Gasteiger partial charge in [-0.25, -0.2) is 0 Å². The molecule has 1 rings (SSSR count). The molecule has 0 saturated heterocycles. The fourth-order valence-corrected chi connectivity index (χ4v) is 4.75. The lowest BCUT2D eigenvalue weighted by molar-refractivity contribution is -0.404. The maximum absolute atomic E-state index is 11.0. The van der Waals surface area contributed by atoms with Crippen molar-refractivity contribution in [2.75, 3.05) is 46.5 Å². The summed E-state index contributed by atoms with van der Waals surface area (Å²) in [6.07, 6.45) is 13.4. The molecule has 13 heteroatoms. The molecule has 0 spiro atoms. The zero-order chi connectivity index (χ0) is 29.4. The van der Waals surface area contributed by atoms with Gasteiger partial charge in [0.1, 0.15) is 11.5 Å². The number of unbranched alkanes of at least 4 members (excludes halogenated alkanes) is 9. The summed E-state index contributed by atoms with van der Waals surface area (Å²) in [6, 6.07) is 4.01. The Morgan fingerprint density at radius 3 is 1.80 bits per heavy atom. The normalized spacial score (nSPS) is 12.0. The lowest BCUT2D eigenvalue weighted by Crippen LogP contribution is -2.29. The molecule has 1 aromatic heterocycles. The van der Waals surface area contributed by atoms with Crippen molar-refractivity contribution >= 4 is 11.8 Å². The minimum Gasteiger partial charge on any atom is -0.464 e. The topological polar surface area (TPSA) is 151 Å². The summed E-state index contributed by atoms with van der Waals surface area (Å²) >= 11 is 1.73. The van der Waals surface area contributed by atoms with Gasteiger partial charge in [-0.2, -0.15) is 11.8 Å². The van der Waals surface area contributed by atoms with Crippen LogP contribution < -0.4 is 21.3 Å². The molecule has 1 heterocycles. The van der Waals surface area contributed by atoms with E-state index in [9.17, 15) is 20.2 Å². The van der Waals surface area contributed by atoms with Crippen molar-refractivity contribution in [3.8, 4) is 0 Å². The van der Waals surface area contributed by atoms with Gasteiger partial charge in [0.25, 0.3) is 12.4 Å². The van der Waals surface area contributed by atoms with E-state index in [1.807, 2.05) is 26.2 Å². The fourth-order valence-electron chi connectivity index (χ4n) is 4.00. The van der Waals surface area contributed by atoms with Crippen LogP contribution >= 0.6 is 11.8 Å². The van der Waals surface area contributed by atoms with Gasteiger partial charge in [-0.3, -0.25) is 20.2 Å². The van der Waals surface area contributed by atoms with Gasteiger partial charge in [0.15, 0.2) is 11.6 Å². The lowest BCUT2D eigenvalue weighted by Gasteiger charge is -2.11. The first-order valence-electron chi connectivity index (χ1n) is 14.2. The number of nitrogens with zero attached hydrogens (tertiary/aromatic N) is 3. The second kappa shape index (κ2) is 22.8. The van der Waals surface area contributed by atoms with Gasteiger partial charge in [0.05, 0.1) is 22.1 Å². The van der Waals surface area contributed by atoms with Crippen molar-refractivity contribution in [2.24, 2.45) is 0 Å². The molecule has 4 N–H and O–H groups in total. The van der Waals surface area contributed by atoms with Gasteiger partial charge < -0.3 is 30.6 Å². The second-order valence-electron chi connectivity index (χ2n) is 9.88. The molecule has 0 aliphatic rings. The number of nitro groups is 2. The standard InChI is InChI=1S/C27H49N7O5S/c1-28-26(21-33(35)36)29-16-12-10-8-6-4-5-7-9-11-13-17-30-27(22-34(37)38)31-18-19-40-23-25-15-14-24(39-25)20-32(2)3/h14-15,21-22,28-31H,4-13,16-20,23H2,1-3H3/b26-21+,27-22-. The number of hydrogen-bond donors (Lipinski definition) is 4. The zero-order valence-electron chi connectivity index (χ0n) is 24.4. The van der Waals surface area contributed by atoms with Crippen LogP contribution in [0, 0.1) is 20.2 Å². The smallest absolute Gasteiger partial charge is 0.274 e. The largest absolute Gasteiger partial charge is 0.464 e. The second-order valence-corrected chi connectivity index (χ2v) is 11.0. The van der Waals surface area contributed by atoms with Crippen LogP contribution in [0.1, 0.15) is 75.7 Å². The Kier molecular flexibility index (Phi) is 20.0. The molecule has 0 saturated carbocycles. The minimum absolute atomic E-state index is 0.429. The first-order valence-corrected chi connectivity index (χ1v) is 15.4. The van der Waals surface area contributed by atoms with Crippen LogP contribution in [0.3, 0.4) is 0 Å². The summed E-state index contributed by atoms with van der Waals surface area (Å²) in [7, 11) is 5.67. The van der Waals surface area contributed by atoms with Crippen LogP contribution in [0.25, 0.3) is 0 Å². The van der Waals surface area contributed by atoms with Crippen LogP contribution in [0.5, 0.6) is 0 Å². The summed E-state index contributed by atoms with van der Waals surface area (Å²) in [5.74, 6) is 4.38. The van der Waals surface area contributed by atoms with Crippen molar-refractivity contribution in [2.45, 2.75) is 76.5 Å². The third kappa shape index (κ3) is 20.0. The van der Waals surface area contributed by atoms with E-state index in [4.69, 9.17) is 4.42 Å². The van der Waals surface area contributed by atoms with E-state index in [2.05, 4.69) is 26.2 Å². The van der Waals surface area contributed by atoms with Gasteiger partial charge >= 0.3 is 0 Å². The van der Waals surface area contributed by atoms with Gasteiger partial charge in [-0.05, 0) is 39.1 Å². The number of rotatable bonds is 26. The van der Waals surface area contributed by atoms with Crippen LogP contribution in [0.15, 0.2) is 40.6 Å². The molecular formula is C27H49N7O5S. The third-order valence-electron chi connectivity index (χ3n) is 5.97. The Balaban J connectivity index is 2.01. The minimum atomic E-state index is -0.467. The summed E-state index contributed by atoms with van der Waals surface area (Å²) in [5.41, 5.74) is 0. The maximum Gasteiger partial charge on any atom is 0.274 e. The van der Waals surface area contributed by atoms with E-state index >= 15 is 0 Å². The van der Waals surface area contributed by atoms with Crippen LogP contribution in [0.2, 0.25) is 0 Å². The number of furan rings is 1. The van der Waals surface area contributed by atoms with Crippen LogP contribution in [-0.4, -0.2) is 61.3 Å². The highest BCUT2D eigenvalue weighted by Crippen LogP contribution is 2.16. The first kappa shape index (κ1) is 35.1. The average molecular weight is 584 g/mol. The van der Waals surface area contributed by atoms with E-state index in [0.717, 1.165) is 74.2 Å². The Morgan fingerprint density at radius 2 is 1.27 bits per heavy atom. The Morgan fingerprint density at radius 1 is 0.800 bits per heavy atom. The molecule has 1 aromatic rings. The molecular weight excluding hydrogens is 534 g/mol. The van der Waals surface area contributed by atoms with Crippen molar-refractivity contribution in [1.29, 1.82) is 0 Å². The van der Waals surface area contributed by atoms with Crippen LogP contribution in [-0.2, 0) is 12.3 Å². The summed E-state index contributed by atoms with van der Waals surface area (Å²) in [4.78, 5) is 22.6. The molecule has 40 heavy (non-hydrogen) atoms. The van der Waals surface area contributed by atoms with Crippen molar-refractivity contribution in [1.82, 2.24) is 26.2 Å². The first-order chi connectivity index (χ1) is 19.3. The molecule has 0 amide bonds. The molecule has 0 aliphatic carbocycles. The van der Waals surface area contributed by atoms with Crippen molar-refractivity contribution in [3.63, 3.8) is 0 Å². The molecule has 0 atom stereocenters. The average Bonchev–Trinajstić information content (AvgIpc) is 3.33. The molecule has 12 nitrogen and oxygen atoms in total. The Labute approximate surface area is 243 Å². The summed E-state index contributed by atoms with van der Waals surface area (Å²) in [5, 5.41) is 33.6. The van der Waals surface area contributed by atoms with E-state index in [0.29, 0.717) is 24.7 Å². The maximum atomic E-state index is 11.0. The molecule has 0 radical (unpaired) electrons. The Bertz CT molecular complexity index is 892. The fraction of sp³-hybridized carbons (Fsp3) is 0.704. The highest BCUT2D eigenvalue weighted by Gasteiger charge is 2.05. The SMILES string of the molecule is CN/C(=C\[N+](=O)[O-])NCCCCCCCCCCCCN/C(=C/[N+](=O)[O-])NCCSCc1ccc(CN(C)C)o1. The summed E-state index contributed by atoms with van der Waals surface area (Å²) in [6.45, 7) is 2.85. The highest BCUT2D eigenvalue weighted by molar-refractivity contribution is 7.98. The molecule has 0 aliphatic heterocycles. The number of thioether (sulfide) groups is 1. The molecule has 0 unspecified atom stereocenters. The Hall–Kier alpha value is -2.93. The highest BCUT2D eigenvalue weighted by atomic mass is 32.2. The van der Waals surface area contributed by atoms with Crippen molar-refractivity contribution in [3.05, 3.63) is 67.9 Å². The van der Waals surface area contributed by atoms with Crippen molar-refractivity contribution < 1.29 is 14.3 Å². The quantitative estimate of drug-likeness (QED) is 0.0687. The predicted octanol–water partition coefficient (Wildman–Crippen LogP) is 4.61. The van der Waals surface area contributed by atoms with E-state index in [1.165, 1.54) is 38.5 Å². The van der Waals surface area contributed by atoms with Gasteiger partial charge in [0.2, 0.25) is 0 Å². The molecule has 0 bridgehead atoms. The number of hydrogen-bond acceptors (Lipinski definition) is 11. The van der Waals surface area contributed by atoms with Gasteiger partial charge in [-0.15, -0.1) is 0 Å². The van der Waals surface area contributed by atoms with Crippen LogP contribution in [0.4, 0.5) is 0 Å². The lowest BCUT2D eigenvalue weighted by atomic mass is 10.1. The number of nitrogens with one attached hydrogen (secondary N) is 4. The molecule has 228 valence electrons. The van der Waals surface area contributed by atoms with E-state index in [-0.39, 0.29) is 0 Å². The molecule has 0 fully saturated rings. The molecule has 0 aromatic carbocycles. The van der Waals surface area contributed by atoms with Gasteiger partial charge in [0, 0.05) is 32.4 Å². The predicted molar refractivity (Wildman–Crippen MR) is 162 cm³/mol. The summed E-state index contributed by atoms with van der Waals surface area (Å²) < 4.78 is 5.81. The van der Waals surface area contributed by atoms with E-state index in [1.54, 1.807) is 18.8 Å². The van der Waals surface area contributed by atoms with Gasteiger partial charge in [-0.1, -0.05) is 51.4 Å². The zero-order valence-corrected chi connectivity index (χ0v) is 25.2. The monoisotopic (exact) mass is 583 g/mol. The van der Waals surface area contributed by atoms with E-state index < -0.39 is 9.85 Å².